The van der Waals surface area contributed by atoms with Crippen LogP contribution in [0, 0.1) is 0 Å². The molecule has 2 atom stereocenters. The summed E-state index contributed by atoms with van der Waals surface area (Å²) in [4.78, 5) is 24.1. The Morgan fingerprint density at radius 1 is 1.08 bits per heavy atom. The van der Waals surface area contributed by atoms with E-state index in [0.717, 1.165) is 91.5 Å². The van der Waals surface area contributed by atoms with Crippen molar-refractivity contribution in [1.82, 2.24) is 24.5 Å². The first kappa shape index (κ1) is 22.2. The number of aromatic nitrogens is 4. The summed E-state index contributed by atoms with van der Waals surface area (Å²) in [6.07, 6.45) is 12.0. The first-order valence-electron chi connectivity index (χ1n) is 13.2. The number of pyridine rings is 1. The molecule has 2 unspecified atom stereocenters. The Balaban J connectivity index is 1.28. The van der Waals surface area contributed by atoms with E-state index in [1.807, 2.05) is 17.0 Å². The first-order chi connectivity index (χ1) is 17.5. The Kier molecular flexibility index (Phi) is 4.92. The fourth-order valence-corrected chi connectivity index (χ4v) is 6.84. The van der Waals surface area contributed by atoms with E-state index in [4.69, 9.17) is 10.7 Å². The zero-order chi connectivity index (χ0) is 24.6. The third-order valence-corrected chi connectivity index (χ3v) is 9.01. The molecule has 188 valence electrons. The number of nitrogen functional groups attached to an aromatic ring is 1. The van der Waals surface area contributed by atoms with Crippen LogP contribution in [-0.2, 0) is 10.4 Å². The van der Waals surface area contributed by atoms with Gasteiger partial charge in [-0.15, -0.1) is 0 Å². The first-order valence-corrected chi connectivity index (χ1v) is 13.2. The van der Waals surface area contributed by atoms with Gasteiger partial charge in [-0.25, -0.2) is 4.98 Å². The maximum Gasteiger partial charge on any atom is 0.248 e. The van der Waals surface area contributed by atoms with E-state index in [0.29, 0.717) is 11.7 Å². The van der Waals surface area contributed by atoms with Crippen molar-refractivity contribution in [2.45, 2.75) is 87.3 Å². The molecular formula is C27H32N6O3. The number of amides is 1. The van der Waals surface area contributed by atoms with Crippen LogP contribution in [0.3, 0.4) is 0 Å². The maximum atomic E-state index is 12.4. The minimum absolute atomic E-state index is 0.151. The quantitative estimate of drug-likeness (QED) is 0.503. The second kappa shape index (κ2) is 7.98. The lowest BCUT2D eigenvalue weighted by Crippen LogP contribution is -2.47. The SMILES string of the molecule is Nc1c(C2CC2)c(C2CC3CCC(C2)N3C(=O)CO)nc2c(-c3ccc(C4(O)CCC4)nc3)cnn12. The molecule has 9 nitrogen and oxygen atoms in total. The number of hydrogen-bond acceptors (Lipinski definition) is 7. The van der Waals surface area contributed by atoms with E-state index >= 15 is 0 Å². The van der Waals surface area contributed by atoms with Crippen LogP contribution >= 0.6 is 0 Å². The maximum absolute atomic E-state index is 12.4. The fourth-order valence-electron chi connectivity index (χ4n) is 6.84. The number of carbonyl (C=O) groups excluding carboxylic acids is 1. The molecule has 7 rings (SSSR count). The predicted octanol–water partition coefficient (Wildman–Crippen LogP) is 2.85. The molecule has 2 aliphatic heterocycles. The zero-order valence-corrected chi connectivity index (χ0v) is 20.3. The smallest absolute Gasteiger partial charge is 0.248 e. The van der Waals surface area contributed by atoms with Crippen LogP contribution in [0.15, 0.2) is 24.5 Å². The topological polar surface area (TPSA) is 130 Å². The van der Waals surface area contributed by atoms with Crippen LogP contribution in [0.25, 0.3) is 16.8 Å². The standard InChI is InChI=1S/C27H32N6O3/c28-25-23(15-2-3-15)24(17-10-18-5-6-19(11-17)32(18)22(35)14-34)31-26-20(13-30-33(25)26)16-4-7-21(29-12-16)27(36)8-1-9-27/h4,7,12-13,15,17-19,34,36H,1-3,5-6,8-11,14,28H2. The minimum atomic E-state index is -0.791. The highest BCUT2D eigenvalue weighted by Gasteiger charge is 2.45. The number of nitrogens with two attached hydrogens (primary N) is 1. The van der Waals surface area contributed by atoms with E-state index in [2.05, 4.69) is 10.1 Å². The number of carbonyl (C=O) groups is 1. The molecule has 1 amide bonds. The van der Waals surface area contributed by atoms with Gasteiger partial charge in [-0.2, -0.15) is 9.61 Å². The van der Waals surface area contributed by atoms with E-state index in [9.17, 15) is 15.0 Å². The molecule has 0 aromatic carbocycles. The van der Waals surface area contributed by atoms with Gasteiger partial charge >= 0.3 is 0 Å². The van der Waals surface area contributed by atoms with Crippen molar-refractivity contribution in [2.24, 2.45) is 0 Å². The van der Waals surface area contributed by atoms with Crippen LogP contribution in [0.5, 0.6) is 0 Å². The number of fused-ring (bicyclic) bond motifs is 3. The summed E-state index contributed by atoms with van der Waals surface area (Å²) in [7, 11) is 0. The number of nitrogens with zero attached hydrogens (tertiary/aromatic N) is 5. The van der Waals surface area contributed by atoms with Gasteiger partial charge in [0, 0.05) is 40.9 Å². The van der Waals surface area contributed by atoms with Gasteiger partial charge in [-0.1, -0.05) is 6.07 Å². The van der Waals surface area contributed by atoms with Crippen LogP contribution in [0.1, 0.15) is 86.6 Å². The highest BCUT2D eigenvalue weighted by Crippen LogP contribution is 2.50. The van der Waals surface area contributed by atoms with Crippen molar-refractivity contribution in [3.63, 3.8) is 0 Å². The summed E-state index contributed by atoms with van der Waals surface area (Å²) in [6.45, 7) is -0.425. The molecule has 9 heteroatoms. The molecule has 0 spiro atoms. The number of rotatable bonds is 5. The number of hydrogen-bond donors (Lipinski definition) is 3. The Morgan fingerprint density at radius 3 is 2.42 bits per heavy atom. The van der Waals surface area contributed by atoms with Gasteiger partial charge in [-0.3, -0.25) is 9.78 Å². The van der Waals surface area contributed by atoms with Crippen LogP contribution in [0.2, 0.25) is 0 Å². The van der Waals surface area contributed by atoms with E-state index in [-0.39, 0.29) is 23.9 Å². The lowest BCUT2D eigenvalue weighted by atomic mass is 9.77. The average Bonchev–Trinajstić information content (AvgIpc) is 3.56. The van der Waals surface area contributed by atoms with Gasteiger partial charge in [0.05, 0.1) is 17.6 Å². The molecule has 3 aromatic heterocycles. The monoisotopic (exact) mass is 488 g/mol. The van der Waals surface area contributed by atoms with Gasteiger partial charge in [-0.05, 0) is 69.8 Å². The summed E-state index contributed by atoms with van der Waals surface area (Å²) >= 11 is 0. The Labute approximate surface area is 209 Å². The Bertz CT molecular complexity index is 1330. The molecule has 4 aliphatic rings. The normalized spacial score (nSPS) is 26.8. The van der Waals surface area contributed by atoms with Crippen molar-refractivity contribution in [3.8, 4) is 11.1 Å². The van der Waals surface area contributed by atoms with Crippen molar-refractivity contribution < 1.29 is 15.0 Å². The van der Waals surface area contributed by atoms with Gasteiger partial charge in [0.2, 0.25) is 5.91 Å². The highest BCUT2D eigenvalue weighted by molar-refractivity contribution is 5.79. The summed E-state index contributed by atoms with van der Waals surface area (Å²) in [6, 6.07) is 4.20. The second-order valence-corrected chi connectivity index (χ2v) is 11.2. The number of anilines is 1. The number of aliphatic hydroxyl groups is 2. The van der Waals surface area contributed by atoms with E-state index < -0.39 is 12.2 Å². The van der Waals surface area contributed by atoms with Gasteiger partial charge in [0.1, 0.15) is 18.0 Å². The molecule has 4 fully saturated rings. The molecule has 5 heterocycles. The number of piperidine rings is 1. The van der Waals surface area contributed by atoms with Gasteiger partial charge in [0.25, 0.3) is 0 Å². The average molecular weight is 489 g/mol. The minimum Gasteiger partial charge on any atom is -0.387 e. The molecule has 3 aromatic rings. The summed E-state index contributed by atoms with van der Waals surface area (Å²) in [5.74, 6) is 1.15. The summed E-state index contributed by atoms with van der Waals surface area (Å²) in [5.41, 5.74) is 11.4. The van der Waals surface area contributed by atoms with E-state index in [1.54, 1.807) is 16.9 Å². The molecular weight excluding hydrogens is 456 g/mol. The lowest BCUT2D eigenvalue weighted by Gasteiger charge is -2.39. The van der Waals surface area contributed by atoms with Crippen molar-refractivity contribution >= 4 is 17.4 Å². The second-order valence-electron chi connectivity index (χ2n) is 11.2. The number of aliphatic hydroxyl groups excluding tert-OH is 1. The molecule has 0 radical (unpaired) electrons. The van der Waals surface area contributed by atoms with Crippen molar-refractivity contribution in [2.75, 3.05) is 12.3 Å². The Hall–Kier alpha value is -3.04. The van der Waals surface area contributed by atoms with E-state index in [1.165, 1.54) is 0 Å². The zero-order valence-electron chi connectivity index (χ0n) is 20.3. The van der Waals surface area contributed by atoms with Gasteiger partial charge in [0.15, 0.2) is 5.65 Å². The molecule has 2 aliphatic carbocycles. The van der Waals surface area contributed by atoms with Crippen LogP contribution in [0.4, 0.5) is 5.82 Å². The lowest BCUT2D eigenvalue weighted by molar-refractivity contribution is -0.138. The summed E-state index contributed by atoms with van der Waals surface area (Å²) < 4.78 is 1.76. The fraction of sp³-hybridized carbons (Fsp3) is 0.556. The van der Waals surface area contributed by atoms with Gasteiger partial charge < -0.3 is 20.8 Å². The Morgan fingerprint density at radius 2 is 1.83 bits per heavy atom. The molecule has 2 saturated carbocycles. The third-order valence-electron chi connectivity index (χ3n) is 9.01. The van der Waals surface area contributed by atoms with Crippen molar-refractivity contribution in [3.05, 3.63) is 41.5 Å². The largest absolute Gasteiger partial charge is 0.387 e. The van der Waals surface area contributed by atoms with Crippen LogP contribution in [-0.4, -0.2) is 59.3 Å². The van der Waals surface area contributed by atoms with Crippen LogP contribution < -0.4 is 5.73 Å². The molecule has 4 N–H and O–H groups in total. The molecule has 36 heavy (non-hydrogen) atoms. The predicted molar refractivity (Wildman–Crippen MR) is 133 cm³/mol. The van der Waals surface area contributed by atoms with Crippen molar-refractivity contribution in [1.29, 1.82) is 0 Å². The molecule has 2 saturated heterocycles. The third kappa shape index (κ3) is 3.29. The highest BCUT2D eigenvalue weighted by atomic mass is 16.3. The summed E-state index contributed by atoms with van der Waals surface area (Å²) in [5, 5.41) is 24.7. The molecule has 2 bridgehead atoms.